The first-order chi connectivity index (χ1) is 7.40. The molecule has 1 fully saturated rings. The fourth-order valence-electron chi connectivity index (χ4n) is 1.55. The number of rotatable bonds is 3. The van der Waals surface area contributed by atoms with Crippen LogP contribution in [0.1, 0.15) is 17.2 Å². The van der Waals surface area contributed by atoms with Crippen LogP contribution < -0.4 is 5.73 Å². The fraction of sp³-hybridized carbons (Fsp3) is 0.333. The summed E-state index contributed by atoms with van der Waals surface area (Å²) in [6.07, 6.45) is 4.04. The highest BCUT2D eigenvalue weighted by Gasteiger charge is 2.17. The summed E-state index contributed by atoms with van der Waals surface area (Å²) >= 11 is 0. The van der Waals surface area contributed by atoms with E-state index in [2.05, 4.69) is 24.3 Å². The van der Waals surface area contributed by atoms with E-state index in [-0.39, 0.29) is 6.10 Å². The van der Waals surface area contributed by atoms with E-state index in [4.69, 9.17) is 15.2 Å². The van der Waals surface area contributed by atoms with E-state index >= 15 is 0 Å². The van der Waals surface area contributed by atoms with Crippen LogP contribution in [0.5, 0.6) is 0 Å². The van der Waals surface area contributed by atoms with E-state index < -0.39 is 0 Å². The second-order valence-electron chi connectivity index (χ2n) is 3.45. The molecule has 80 valence electrons. The molecule has 0 aliphatic carbocycles. The smallest absolute Gasteiger partial charge is 0.147 e. The molecule has 1 unspecified atom stereocenters. The van der Waals surface area contributed by atoms with Gasteiger partial charge in [0.05, 0.1) is 6.61 Å². The summed E-state index contributed by atoms with van der Waals surface area (Å²) < 4.78 is 10.6. The monoisotopic (exact) mass is 205 g/mol. The fourth-order valence-corrected chi connectivity index (χ4v) is 1.55. The summed E-state index contributed by atoms with van der Waals surface area (Å²) in [6.45, 7) is 1.62. The lowest BCUT2D eigenvalue weighted by Crippen LogP contribution is -1.99. The zero-order valence-corrected chi connectivity index (χ0v) is 8.56. The van der Waals surface area contributed by atoms with Crippen molar-refractivity contribution in [3.05, 3.63) is 41.5 Å². The zero-order valence-electron chi connectivity index (χ0n) is 8.56. The van der Waals surface area contributed by atoms with Gasteiger partial charge in [-0.15, -0.1) is 0 Å². The van der Waals surface area contributed by atoms with Crippen LogP contribution in [0.2, 0.25) is 0 Å². The van der Waals surface area contributed by atoms with E-state index in [0.717, 1.165) is 11.1 Å². The van der Waals surface area contributed by atoms with Crippen molar-refractivity contribution in [2.24, 2.45) is 5.73 Å². The molecule has 3 nitrogen and oxygen atoms in total. The SMILES string of the molecule is NC/C=C/c1ccc(C2COCO2)cc1. The molecule has 1 aromatic carbocycles. The molecular weight excluding hydrogens is 190 g/mol. The van der Waals surface area contributed by atoms with Crippen LogP contribution >= 0.6 is 0 Å². The van der Waals surface area contributed by atoms with E-state index in [0.29, 0.717) is 19.9 Å². The van der Waals surface area contributed by atoms with Gasteiger partial charge in [-0.3, -0.25) is 0 Å². The number of ether oxygens (including phenoxy) is 2. The molecule has 0 radical (unpaired) electrons. The van der Waals surface area contributed by atoms with Crippen molar-refractivity contribution in [2.75, 3.05) is 19.9 Å². The Morgan fingerprint density at radius 2 is 2.13 bits per heavy atom. The summed E-state index contributed by atoms with van der Waals surface area (Å²) in [7, 11) is 0. The van der Waals surface area contributed by atoms with Crippen LogP contribution in [-0.2, 0) is 9.47 Å². The first-order valence-corrected chi connectivity index (χ1v) is 5.06. The van der Waals surface area contributed by atoms with Crippen molar-refractivity contribution >= 4 is 6.08 Å². The number of hydrogen-bond acceptors (Lipinski definition) is 3. The molecule has 15 heavy (non-hydrogen) atoms. The Labute approximate surface area is 89.5 Å². The summed E-state index contributed by atoms with van der Waals surface area (Å²) in [4.78, 5) is 0. The Hall–Kier alpha value is -1.16. The molecule has 3 heteroatoms. The van der Waals surface area contributed by atoms with Gasteiger partial charge in [-0.25, -0.2) is 0 Å². The first-order valence-electron chi connectivity index (χ1n) is 5.06. The minimum atomic E-state index is 0.0949. The van der Waals surface area contributed by atoms with Gasteiger partial charge >= 0.3 is 0 Å². The maximum atomic E-state index is 5.40. The van der Waals surface area contributed by atoms with Crippen molar-refractivity contribution in [2.45, 2.75) is 6.10 Å². The molecule has 0 spiro atoms. The van der Waals surface area contributed by atoms with E-state index in [9.17, 15) is 0 Å². The first kappa shape index (κ1) is 10.4. The summed E-state index contributed by atoms with van der Waals surface area (Å²) in [5, 5.41) is 0. The van der Waals surface area contributed by atoms with Crippen molar-refractivity contribution in [1.82, 2.24) is 0 Å². The summed E-state index contributed by atoms with van der Waals surface area (Å²) in [6, 6.07) is 8.25. The zero-order chi connectivity index (χ0) is 10.5. The van der Waals surface area contributed by atoms with Gasteiger partial charge in [0.15, 0.2) is 0 Å². The minimum absolute atomic E-state index is 0.0949. The Kier molecular flexibility index (Phi) is 3.50. The Bertz CT molecular complexity index is 326. The molecule has 1 aliphatic rings. The van der Waals surface area contributed by atoms with Gasteiger partial charge in [-0.05, 0) is 11.1 Å². The maximum absolute atomic E-state index is 5.40. The second kappa shape index (κ2) is 5.07. The molecule has 0 saturated carbocycles. The molecule has 2 N–H and O–H groups in total. The van der Waals surface area contributed by atoms with E-state index in [1.165, 1.54) is 0 Å². The maximum Gasteiger partial charge on any atom is 0.147 e. The average Bonchev–Trinajstić information content (AvgIpc) is 2.80. The lowest BCUT2D eigenvalue weighted by atomic mass is 10.1. The van der Waals surface area contributed by atoms with Gasteiger partial charge < -0.3 is 15.2 Å². The Balaban J connectivity index is 2.06. The summed E-state index contributed by atoms with van der Waals surface area (Å²) in [5.74, 6) is 0. The van der Waals surface area contributed by atoms with Crippen molar-refractivity contribution in [3.8, 4) is 0 Å². The van der Waals surface area contributed by atoms with Gasteiger partial charge in [0.1, 0.15) is 12.9 Å². The van der Waals surface area contributed by atoms with Gasteiger partial charge in [0.25, 0.3) is 0 Å². The third kappa shape index (κ3) is 2.65. The molecule has 1 atom stereocenters. The lowest BCUT2D eigenvalue weighted by molar-refractivity contribution is 0.0466. The van der Waals surface area contributed by atoms with Gasteiger partial charge in [0.2, 0.25) is 0 Å². The molecule has 0 aromatic heterocycles. The predicted octanol–water partition coefficient (Wildman–Crippen LogP) is 1.70. The van der Waals surface area contributed by atoms with Crippen LogP contribution in [-0.4, -0.2) is 19.9 Å². The normalized spacial score (nSPS) is 21.3. The molecule has 2 rings (SSSR count). The van der Waals surface area contributed by atoms with Crippen molar-refractivity contribution < 1.29 is 9.47 Å². The highest BCUT2D eigenvalue weighted by atomic mass is 16.7. The largest absolute Gasteiger partial charge is 0.352 e. The van der Waals surface area contributed by atoms with Gasteiger partial charge in [0, 0.05) is 6.54 Å². The topological polar surface area (TPSA) is 44.5 Å². The molecule has 0 bridgehead atoms. The molecule has 1 heterocycles. The Morgan fingerprint density at radius 1 is 1.33 bits per heavy atom. The van der Waals surface area contributed by atoms with Crippen LogP contribution in [0, 0.1) is 0 Å². The minimum Gasteiger partial charge on any atom is -0.352 e. The van der Waals surface area contributed by atoms with E-state index in [1.54, 1.807) is 0 Å². The van der Waals surface area contributed by atoms with Crippen molar-refractivity contribution in [1.29, 1.82) is 0 Å². The van der Waals surface area contributed by atoms with Crippen LogP contribution in [0.25, 0.3) is 6.08 Å². The number of hydrogen-bond donors (Lipinski definition) is 1. The van der Waals surface area contributed by atoms with Gasteiger partial charge in [-0.2, -0.15) is 0 Å². The molecule has 1 aliphatic heterocycles. The molecule has 0 amide bonds. The lowest BCUT2D eigenvalue weighted by Gasteiger charge is -2.07. The third-order valence-electron chi connectivity index (χ3n) is 2.38. The van der Waals surface area contributed by atoms with Crippen LogP contribution in [0.15, 0.2) is 30.3 Å². The van der Waals surface area contributed by atoms with Crippen LogP contribution in [0.4, 0.5) is 0 Å². The van der Waals surface area contributed by atoms with E-state index in [1.807, 2.05) is 12.2 Å². The third-order valence-corrected chi connectivity index (χ3v) is 2.38. The molecule has 1 aromatic rings. The predicted molar refractivity (Wildman–Crippen MR) is 59.2 cm³/mol. The average molecular weight is 205 g/mol. The summed E-state index contributed by atoms with van der Waals surface area (Å²) in [5.41, 5.74) is 7.70. The molecule has 1 saturated heterocycles. The van der Waals surface area contributed by atoms with Crippen LogP contribution in [0.3, 0.4) is 0 Å². The highest BCUT2D eigenvalue weighted by Crippen LogP contribution is 2.22. The standard InChI is InChI=1S/C12H15NO2/c13-7-1-2-10-3-5-11(6-4-10)12-8-14-9-15-12/h1-6,12H,7-9,13H2/b2-1+. The number of benzene rings is 1. The quantitative estimate of drug-likeness (QED) is 0.817. The highest BCUT2D eigenvalue weighted by molar-refractivity contribution is 5.49. The molecular formula is C12H15NO2. The second-order valence-corrected chi connectivity index (χ2v) is 3.45. The number of nitrogens with two attached hydrogens (primary N) is 1. The van der Waals surface area contributed by atoms with Gasteiger partial charge in [-0.1, -0.05) is 36.4 Å². The van der Waals surface area contributed by atoms with Crippen molar-refractivity contribution in [3.63, 3.8) is 0 Å². The Morgan fingerprint density at radius 3 is 2.73 bits per heavy atom.